The van der Waals surface area contributed by atoms with Crippen LogP contribution in [0.3, 0.4) is 0 Å². The quantitative estimate of drug-likeness (QED) is 0.572. The van der Waals surface area contributed by atoms with Gasteiger partial charge in [0.2, 0.25) is 0 Å². The Bertz CT molecular complexity index is 137. The zero-order valence-electron chi connectivity index (χ0n) is 7.10. The lowest BCUT2D eigenvalue weighted by molar-refractivity contribution is 0.141. The first-order chi connectivity index (χ1) is 5.68. The highest BCUT2D eigenvalue weighted by molar-refractivity contribution is 7.53. The molecule has 74 valence electrons. The van der Waals surface area contributed by atoms with Crippen molar-refractivity contribution in [2.45, 2.75) is 6.92 Å². The van der Waals surface area contributed by atoms with E-state index in [2.05, 4.69) is 0 Å². The highest BCUT2D eigenvalue weighted by atomic mass is 31.2. The molecule has 0 amide bonds. The molecule has 0 atom stereocenters. The van der Waals surface area contributed by atoms with E-state index in [1.54, 1.807) is 6.92 Å². The molecule has 0 unspecified atom stereocenters. The van der Waals surface area contributed by atoms with Crippen LogP contribution in [0, 0.1) is 0 Å². The summed E-state index contributed by atoms with van der Waals surface area (Å²) >= 11 is 0. The van der Waals surface area contributed by atoms with Crippen LogP contribution >= 0.6 is 7.60 Å². The first kappa shape index (κ1) is 12.1. The summed E-state index contributed by atoms with van der Waals surface area (Å²) in [6.07, 6.45) is 0.243. The molecule has 0 aliphatic heterocycles. The van der Waals surface area contributed by atoms with Crippen molar-refractivity contribution in [2.24, 2.45) is 0 Å². The molecule has 0 aromatic rings. The molecule has 0 aromatic heterocycles. The van der Waals surface area contributed by atoms with Crippen molar-refractivity contribution >= 4 is 7.60 Å². The van der Waals surface area contributed by atoms with Crippen LogP contribution < -0.4 is 0 Å². The zero-order chi connectivity index (χ0) is 9.45. The zero-order valence-corrected chi connectivity index (χ0v) is 8.00. The first-order valence-electron chi connectivity index (χ1n) is 3.78. The van der Waals surface area contributed by atoms with Gasteiger partial charge in [-0.3, -0.25) is 4.57 Å². The third-order valence-electron chi connectivity index (χ3n) is 1.15. The summed E-state index contributed by atoms with van der Waals surface area (Å²) in [5, 5.41) is 16.8. The SMILES string of the molecule is CCP(=O)(OCCO)OCCO. The number of rotatable bonds is 7. The summed E-state index contributed by atoms with van der Waals surface area (Å²) in [7, 11) is -3.05. The monoisotopic (exact) mass is 198 g/mol. The second-order valence-corrected chi connectivity index (χ2v) is 4.41. The van der Waals surface area contributed by atoms with E-state index in [1.807, 2.05) is 0 Å². The summed E-state index contributed by atoms with van der Waals surface area (Å²) in [6, 6.07) is 0. The molecule has 12 heavy (non-hydrogen) atoms. The molecular formula is C6H15O5P. The van der Waals surface area contributed by atoms with Crippen LogP contribution in [0.15, 0.2) is 0 Å². The summed E-state index contributed by atoms with van der Waals surface area (Å²) in [6.45, 7) is 1.28. The maximum absolute atomic E-state index is 11.4. The predicted molar refractivity (Wildman–Crippen MR) is 44.2 cm³/mol. The Morgan fingerprint density at radius 3 is 1.83 bits per heavy atom. The molecule has 0 aliphatic rings. The van der Waals surface area contributed by atoms with Gasteiger partial charge in [0.1, 0.15) is 0 Å². The number of hydrogen-bond acceptors (Lipinski definition) is 5. The Morgan fingerprint density at radius 1 is 1.17 bits per heavy atom. The van der Waals surface area contributed by atoms with Gasteiger partial charge in [-0.1, -0.05) is 6.92 Å². The Morgan fingerprint density at radius 2 is 1.58 bits per heavy atom. The molecule has 0 saturated heterocycles. The molecule has 2 N–H and O–H groups in total. The second-order valence-electron chi connectivity index (χ2n) is 2.04. The minimum absolute atomic E-state index is 0.00343. The third-order valence-corrected chi connectivity index (χ3v) is 3.07. The Balaban J connectivity index is 3.79. The maximum Gasteiger partial charge on any atom is 0.330 e. The third kappa shape index (κ3) is 4.85. The van der Waals surface area contributed by atoms with E-state index in [4.69, 9.17) is 19.3 Å². The fraction of sp³-hybridized carbons (Fsp3) is 1.00. The molecule has 0 radical (unpaired) electrons. The normalized spacial score (nSPS) is 11.9. The van der Waals surface area contributed by atoms with Crippen LogP contribution in [0.2, 0.25) is 0 Å². The lowest BCUT2D eigenvalue weighted by Gasteiger charge is -2.15. The molecule has 0 aromatic carbocycles. The predicted octanol–water partition coefficient (Wildman–Crippen LogP) is 0.217. The smallest absolute Gasteiger partial charge is 0.330 e. The Labute approximate surface area is 71.8 Å². The van der Waals surface area contributed by atoms with Gasteiger partial charge in [-0.25, -0.2) is 0 Å². The van der Waals surface area contributed by atoms with Gasteiger partial charge in [0.05, 0.1) is 26.4 Å². The van der Waals surface area contributed by atoms with Gasteiger partial charge >= 0.3 is 7.60 Å². The number of aliphatic hydroxyl groups excluding tert-OH is 2. The number of hydrogen-bond donors (Lipinski definition) is 2. The van der Waals surface area contributed by atoms with Crippen LogP contribution in [0.4, 0.5) is 0 Å². The molecule has 0 aliphatic carbocycles. The highest BCUT2D eigenvalue weighted by Gasteiger charge is 2.20. The van der Waals surface area contributed by atoms with E-state index in [-0.39, 0.29) is 32.6 Å². The van der Waals surface area contributed by atoms with E-state index in [0.29, 0.717) is 0 Å². The second kappa shape index (κ2) is 6.57. The average molecular weight is 198 g/mol. The molecule has 0 bridgehead atoms. The van der Waals surface area contributed by atoms with E-state index in [9.17, 15) is 4.57 Å². The average Bonchev–Trinajstić information content (AvgIpc) is 2.11. The van der Waals surface area contributed by atoms with Crippen LogP contribution in [-0.4, -0.2) is 42.8 Å². The molecule has 6 heteroatoms. The van der Waals surface area contributed by atoms with Gasteiger partial charge in [-0.15, -0.1) is 0 Å². The molecule has 5 nitrogen and oxygen atoms in total. The van der Waals surface area contributed by atoms with Crippen LogP contribution in [-0.2, 0) is 13.6 Å². The Kier molecular flexibility index (Phi) is 6.61. The molecule has 0 saturated carbocycles. The van der Waals surface area contributed by atoms with E-state index in [0.717, 1.165) is 0 Å². The van der Waals surface area contributed by atoms with Gasteiger partial charge in [-0.05, 0) is 0 Å². The van der Waals surface area contributed by atoms with Crippen molar-refractivity contribution in [1.29, 1.82) is 0 Å². The van der Waals surface area contributed by atoms with Crippen molar-refractivity contribution in [3.05, 3.63) is 0 Å². The highest BCUT2D eigenvalue weighted by Crippen LogP contribution is 2.47. The van der Waals surface area contributed by atoms with E-state index in [1.165, 1.54) is 0 Å². The largest absolute Gasteiger partial charge is 0.394 e. The van der Waals surface area contributed by atoms with Gasteiger partial charge in [0.15, 0.2) is 0 Å². The molecule has 0 rings (SSSR count). The van der Waals surface area contributed by atoms with Gasteiger partial charge in [0.25, 0.3) is 0 Å². The van der Waals surface area contributed by atoms with E-state index >= 15 is 0 Å². The lowest BCUT2D eigenvalue weighted by Crippen LogP contribution is -2.05. The van der Waals surface area contributed by atoms with Crippen LogP contribution in [0.1, 0.15) is 6.92 Å². The molecule has 0 heterocycles. The standard InChI is InChI=1S/C6H15O5P/c1-2-12(9,10-5-3-7)11-6-4-8/h7-8H,2-6H2,1H3. The maximum atomic E-state index is 11.4. The van der Waals surface area contributed by atoms with Crippen molar-refractivity contribution in [1.82, 2.24) is 0 Å². The summed E-state index contributed by atoms with van der Waals surface area (Å²) in [4.78, 5) is 0. The van der Waals surface area contributed by atoms with Gasteiger partial charge in [-0.2, -0.15) is 0 Å². The summed E-state index contributed by atoms with van der Waals surface area (Å²) in [5.74, 6) is 0. The first-order valence-corrected chi connectivity index (χ1v) is 5.51. The lowest BCUT2D eigenvalue weighted by atomic mass is 10.8. The van der Waals surface area contributed by atoms with Crippen LogP contribution in [0.5, 0.6) is 0 Å². The topological polar surface area (TPSA) is 76.0 Å². The summed E-state index contributed by atoms with van der Waals surface area (Å²) in [5.41, 5.74) is 0. The minimum atomic E-state index is -3.05. The van der Waals surface area contributed by atoms with Crippen molar-refractivity contribution in [2.75, 3.05) is 32.6 Å². The van der Waals surface area contributed by atoms with Crippen LogP contribution in [0.25, 0.3) is 0 Å². The van der Waals surface area contributed by atoms with Crippen molar-refractivity contribution in [3.63, 3.8) is 0 Å². The fourth-order valence-electron chi connectivity index (χ4n) is 0.580. The number of aliphatic hydroxyl groups is 2. The Hall–Kier alpha value is 0.0700. The molecule has 0 spiro atoms. The van der Waals surface area contributed by atoms with E-state index < -0.39 is 7.60 Å². The molecular weight excluding hydrogens is 183 g/mol. The fourth-order valence-corrected chi connectivity index (χ4v) is 1.74. The minimum Gasteiger partial charge on any atom is -0.394 e. The molecule has 0 fully saturated rings. The summed E-state index contributed by atoms with van der Waals surface area (Å²) < 4.78 is 21.0. The van der Waals surface area contributed by atoms with Gasteiger partial charge in [0, 0.05) is 6.16 Å². The van der Waals surface area contributed by atoms with Crippen molar-refractivity contribution < 1.29 is 23.8 Å². The van der Waals surface area contributed by atoms with Gasteiger partial charge < -0.3 is 19.3 Å². The van der Waals surface area contributed by atoms with Crippen molar-refractivity contribution in [3.8, 4) is 0 Å².